The van der Waals surface area contributed by atoms with Gasteiger partial charge in [0.15, 0.2) is 0 Å². The summed E-state index contributed by atoms with van der Waals surface area (Å²) in [6.07, 6.45) is 6.10. The minimum Gasteiger partial charge on any atom is -0.481 e. The summed E-state index contributed by atoms with van der Waals surface area (Å²) in [5.74, 6) is -1.67. The highest BCUT2D eigenvalue weighted by atomic mass is 16.4. The van der Waals surface area contributed by atoms with Crippen molar-refractivity contribution in [3.8, 4) is 0 Å². The summed E-state index contributed by atoms with van der Waals surface area (Å²) in [4.78, 5) is 12.6. The van der Waals surface area contributed by atoms with E-state index in [0.717, 1.165) is 30.4 Å². The fourth-order valence-electron chi connectivity index (χ4n) is 8.91. The summed E-state index contributed by atoms with van der Waals surface area (Å²) in [5, 5.41) is 44.3. The number of allylic oxidation sites excluding steroid dienone is 4. The Bertz CT molecular complexity index is 991. The van der Waals surface area contributed by atoms with Gasteiger partial charge in [-0.3, -0.25) is 4.79 Å². The van der Waals surface area contributed by atoms with Crippen molar-refractivity contribution in [2.24, 2.45) is 45.3 Å². The van der Waals surface area contributed by atoms with Crippen LogP contribution in [0.3, 0.4) is 0 Å². The molecule has 5 nitrogen and oxygen atoms in total. The number of rotatable bonds is 6. The molecule has 0 aromatic carbocycles. The first kappa shape index (κ1) is 27.6. The van der Waals surface area contributed by atoms with Crippen LogP contribution in [0.2, 0.25) is 0 Å². The molecule has 202 valence electrons. The number of hydrogen-bond acceptors (Lipinski definition) is 4. The molecule has 5 heteroatoms. The zero-order chi connectivity index (χ0) is 27.0. The minimum atomic E-state index is -1.11. The lowest BCUT2D eigenvalue weighted by Crippen LogP contribution is -2.55. The number of carbonyl (C=O) groups is 1. The second-order valence-electron chi connectivity index (χ2n) is 13.9. The van der Waals surface area contributed by atoms with Crippen molar-refractivity contribution in [1.82, 2.24) is 0 Å². The molecular formula is C31H48O5. The molecule has 0 aliphatic heterocycles. The fourth-order valence-corrected chi connectivity index (χ4v) is 8.91. The van der Waals surface area contributed by atoms with Crippen LogP contribution in [0.1, 0.15) is 87.0 Å². The summed E-state index contributed by atoms with van der Waals surface area (Å²) in [7, 11) is 0. The Hall–Kier alpha value is -1.43. The molecule has 9 unspecified atom stereocenters. The summed E-state index contributed by atoms with van der Waals surface area (Å²) in [6, 6.07) is 0. The van der Waals surface area contributed by atoms with Gasteiger partial charge in [-0.2, -0.15) is 0 Å². The molecule has 0 bridgehead atoms. The molecule has 0 aromatic heterocycles. The fraction of sp³-hybridized carbons (Fsp3) is 0.774. The quantitative estimate of drug-likeness (QED) is 0.361. The SMILES string of the molecule is C=C(CCC(C(=O)O)C1C(O)C(O)C2(C)C3=CCC4C(C)(CCC(O)C4(C)C)C3=CCC12C)C(C)C. The molecule has 4 aliphatic rings. The van der Waals surface area contributed by atoms with E-state index in [1.165, 1.54) is 5.57 Å². The van der Waals surface area contributed by atoms with Crippen LogP contribution in [0.4, 0.5) is 0 Å². The summed E-state index contributed by atoms with van der Waals surface area (Å²) in [6.45, 7) is 19.0. The zero-order valence-electron chi connectivity index (χ0n) is 23.3. The van der Waals surface area contributed by atoms with E-state index in [4.69, 9.17) is 0 Å². The van der Waals surface area contributed by atoms with E-state index in [0.29, 0.717) is 19.3 Å². The van der Waals surface area contributed by atoms with Gasteiger partial charge in [-0.05, 0) is 77.8 Å². The molecule has 0 amide bonds. The maximum absolute atomic E-state index is 12.6. The molecule has 4 rings (SSSR count). The number of carboxylic acid groups (broad SMARTS) is 1. The lowest BCUT2D eigenvalue weighted by molar-refractivity contribution is -0.148. The first-order valence-electron chi connectivity index (χ1n) is 13.9. The molecule has 4 aliphatic carbocycles. The van der Waals surface area contributed by atoms with Gasteiger partial charge in [-0.15, -0.1) is 0 Å². The van der Waals surface area contributed by atoms with Crippen LogP contribution in [-0.2, 0) is 4.79 Å². The second kappa shape index (κ2) is 8.81. The van der Waals surface area contributed by atoms with Crippen molar-refractivity contribution >= 4 is 5.97 Å². The van der Waals surface area contributed by atoms with Crippen molar-refractivity contribution < 1.29 is 25.2 Å². The maximum Gasteiger partial charge on any atom is 0.306 e. The molecule has 0 aromatic rings. The number of hydrogen-bond donors (Lipinski definition) is 4. The highest BCUT2D eigenvalue weighted by molar-refractivity contribution is 5.71. The standard InChI is InChI=1S/C31H48O5/c1-17(2)18(3)9-10-19(27(35)36)24-25(33)26(34)31(8)21-11-12-22-28(4,5)23(32)14-15-29(22,6)20(21)13-16-30(24,31)7/h11,13,17,19,22-26,32-34H,3,9-10,12,14-16H2,1-2,4-8H3,(H,35,36). The molecule has 0 saturated heterocycles. The molecule has 0 spiro atoms. The van der Waals surface area contributed by atoms with Crippen LogP contribution in [0, 0.1) is 45.3 Å². The Morgan fingerprint density at radius 2 is 1.72 bits per heavy atom. The number of fused-ring (bicyclic) bond motifs is 5. The van der Waals surface area contributed by atoms with Gasteiger partial charge >= 0.3 is 5.97 Å². The van der Waals surface area contributed by atoms with E-state index in [1.807, 2.05) is 0 Å². The summed E-state index contributed by atoms with van der Waals surface area (Å²) >= 11 is 0. The van der Waals surface area contributed by atoms with Gasteiger partial charge in [-0.1, -0.05) is 72.8 Å². The Balaban J connectivity index is 1.77. The molecular weight excluding hydrogens is 452 g/mol. The molecule has 2 fully saturated rings. The number of carboxylic acids is 1. The topological polar surface area (TPSA) is 98.0 Å². The van der Waals surface area contributed by atoms with Gasteiger partial charge in [-0.25, -0.2) is 0 Å². The van der Waals surface area contributed by atoms with Crippen LogP contribution < -0.4 is 0 Å². The predicted octanol–water partition coefficient (Wildman–Crippen LogP) is 5.51. The van der Waals surface area contributed by atoms with Crippen LogP contribution in [0.5, 0.6) is 0 Å². The van der Waals surface area contributed by atoms with E-state index in [2.05, 4.69) is 67.2 Å². The van der Waals surface area contributed by atoms with Crippen LogP contribution in [-0.4, -0.2) is 44.7 Å². The van der Waals surface area contributed by atoms with E-state index < -0.39 is 40.8 Å². The van der Waals surface area contributed by atoms with Crippen molar-refractivity contribution in [1.29, 1.82) is 0 Å². The van der Waals surface area contributed by atoms with Crippen molar-refractivity contribution in [3.63, 3.8) is 0 Å². The second-order valence-corrected chi connectivity index (χ2v) is 13.9. The van der Waals surface area contributed by atoms with Gasteiger partial charge in [0.05, 0.1) is 24.2 Å². The van der Waals surface area contributed by atoms with E-state index in [-0.39, 0.29) is 28.8 Å². The van der Waals surface area contributed by atoms with Gasteiger partial charge in [0.25, 0.3) is 0 Å². The average molecular weight is 501 g/mol. The Labute approximate surface area is 217 Å². The molecule has 9 atom stereocenters. The third kappa shape index (κ3) is 3.55. The van der Waals surface area contributed by atoms with Crippen molar-refractivity contribution in [3.05, 3.63) is 35.5 Å². The Morgan fingerprint density at radius 3 is 2.31 bits per heavy atom. The normalized spacial score (nSPS) is 44.1. The largest absolute Gasteiger partial charge is 0.481 e. The molecule has 0 radical (unpaired) electrons. The average Bonchev–Trinajstić information content (AvgIpc) is 2.94. The molecule has 2 saturated carbocycles. The number of aliphatic hydroxyl groups excluding tert-OH is 3. The highest BCUT2D eigenvalue weighted by Crippen LogP contribution is 2.71. The Morgan fingerprint density at radius 1 is 1.08 bits per heavy atom. The first-order chi connectivity index (χ1) is 16.5. The van der Waals surface area contributed by atoms with Crippen LogP contribution in [0.15, 0.2) is 35.5 Å². The summed E-state index contributed by atoms with van der Waals surface area (Å²) in [5.41, 5.74) is 1.65. The smallest absolute Gasteiger partial charge is 0.306 e. The van der Waals surface area contributed by atoms with Gasteiger partial charge < -0.3 is 20.4 Å². The van der Waals surface area contributed by atoms with Crippen LogP contribution >= 0.6 is 0 Å². The predicted molar refractivity (Wildman–Crippen MR) is 142 cm³/mol. The third-order valence-corrected chi connectivity index (χ3v) is 11.8. The maximum atomic E-state index is 12.6. The van der Waals surface area contributed by atoms with Gasteiger partial charge in [0.1, 0.15) is 0 Å². The van der Waals surface area contributed by atoms with E-state index in [9.17, 15) is 25.2 Å². The Kier molecular flexibility index (Phi) is 6.76. The zero-order valence-corrected chi connectivity index (χ0v) is 23.3. The molecule has 4 N–H and O–H groups in total. The highest BCUT2D eigenvalue weighted by Gasteiger charge is 2.70. The lowest BCUT2D eigenvalue weighted by Gasteiger charge is -2.61. The first-order valence-corrected chi connectivity index (χ1v) is 13.9. The lowest BCUT2D eigenvalue weighted by atomic mass is 9.44. The summed E-state index contributed by atoms with van der Waals surface area (Å²) < 4.78 is 0. The van der Waals surface area contributed by atoms with Crippen molar-refractivity contribution in [2.45, 2.75) is 105 Å². The van der Waals surface area contributed by atoms with Gasteiger partial charge in [0.2, 0.25) is 0 Å². The van der Waals surface area contributed by atoms with E-state index in [1.54, 1.807) is 0 Å². The third-order valence-electron chi connectivity index (χ3n) is 11.8. The number of aliphatic carboxylic acids is 1. The minimum absolute atomic E-state index is 0.124. The monoisotopic (exact) mass is 500 g/mol. The van der Waals surface area contributed by atoms with Crippen molar-refractivity contribution in [2.75, 3.05) is 0 Å². The molecule has 0 heterocycles. The van der Waals surface area contributed by atoms with E-state index >= 15 is 0 Å². The van der Waals surface area contributed by atoms with Gasteiger partial charge in [0, 0.05) is 11.3 Å². The number of aliphatic hydroxyl groups is 3. The molecule has 36 heavy (non-hydrogen) atoms. The van der Waals surface area contributed by atoms with Crippen LogP contribution in [0.25, 0.3) is 0 Å².